The highest BCUT2D eigenvalue weighted by Crippen LogP contribution is 2.29. The monoisotopic (exact) mass is 252 g/mol. The standard InChI is InChI=1S/C16H13FN2/c1-10-7-8-12(17)15-13(18)9-14(19-16(10)15)11-5-3-2-4-6-11/h2-9H,1H3,(H2,18,19). The van der Waals surface area contributed by atoms with Gasteiger partial charge in [-0.15, -0.1) is 0 Å². The molecule has 1 heterocycles. The van der Waals surface area contributed by atoms with E-state index in [1.807, 2.05) is 37.3 Å². The van der Waals surface area contributed by atoms with Crippen LogP contribution in [0.25, 0.3) is 22.2 Å². The molecule has 0 unspecified atom stereocenters. The number of aromatic nitrogens is 1. The first-order valence-electron chi connectivity index (χ1n) is 6.07. The van der Waals surface area contributed by atoms with Gasteiger partial charge in [0, 0.05) is 11.3 Å². The van der Waals surface area contributed by atoms with E-state index in [-0.39, 0.29) is 5.82 Å². The summed E-state index contributed by atoms with van der Waals surface area (Å²) in [6.07, 6.45) is 0. The molecule has 94 valence electrons. The average Bonchev–Trinajstić information content (AvgIpc) is 2.43. The van der Waals surface area contributed by atoms with Crippen LogP contribution in [-0.4, -0.2) is 4.98 Å². The number of aryl methyl sites for hydroxylation is 1. The lowest BCUT2D eigenvalue weighted by Crippen LogP contribution is -1.96. The number of fused-ring (bicyclic) bond motifs is 1. The van der Waals surface area contributed by atoms with Crippen LogP contribution in [0.4, 0.5) is 10.1 Å². The van der Waals surface area contributed by atoms with Crippen molar-refractivity contribution in [2.45, 2.75) is 6.92 Å². The maximum atomic E-state index is 13.8. The van der Waals surface area contributed by atoms with Crippen molar-refractivity contribution in [3.05, 3.63) is 59.9 Å². The smallest absolute Gasteiger partial charge is 0.134 e. The fourth-order valence-corrected chi connectivity index (χ4v) is 2.22. The Hall–Kier alpha value is -2.42. The summed E-state index contributed by atoms with van der Waals surface area (Å²) in [7, 11) is 0. The summed E-state index contributed by atoms with van der Waals surface area (Å²) in [5.41, 5.74) is 9.68. The van der Waals surface area contributed by atoms with Crippen molar-refractivity contribution in [2.24, 2.45) is 0 Å². The molecule has 19 heavy (non-hydrogen) atoms. The normalized spacial score (nSPS) is 10.8. The summed E-state index contributed by atoms with van der Waals surface area (Å²) >= 11 is 0. The number of rotatable bonds is 1. The third kappa shape index (κ3) is 1.93. The zero-order valence-electron chi connectivity index (χ0n) is 10.5. The summed E-state index contributed by atoms with van der Waals surface area (Å²) in [5, 5.41) is 0.402. The minimum atomic E-state index is -0.329. The Kier molecular flexibility index (Phi) is 2.67. The summed E-state index contributed by atoms with van der Waals surface area (Å²) in [5.74, 6) is -0.329. The van der Waals surface area contributed by atoms with E-state index >= 15 is 0 Å². The molecule has 0 saturated heterocycles. The summed E-state index contributed by atoms with van der Waals surface area (Å²) in [6.45, 7) is 1.91. The van der Waals surface area contributed by atoms with E-state index in [4.69, 9.17) is 5.73 Å². The quantitative estimate of drug-likeness (QED) is 0.712. The van der Waals surface area contributed by atoms with Crippen molar-refractivity contribution in [3.63, 3.8) is 0 Å². The second kappa shape index (κ2) is 4.35. The van der Waals surface area contributed by atoms with E-state index in [2.05, 4.69) is 4.98 Å². The first-order chi connectivity index (χ1) is 9.16. The third-order valence-corrected chi connectivity index (χ3v) is 3.21. The molecule has 0 aliphatic carbocycles. The van der Waals surface area contributed by atoms with Gasteiger partial charge >= 0.3 is 0 Å². The van der Waals surface area contributed by atoms with Crippen molar-refractivity contribution < 1.29 is 4.39 Å². The Labute approximate surface area is 110 Å². The average molecular weight is 252 g/mol. The van der Waals surface area contributed by atoms with E-state index in [0.29, 0.717) is 16.6 Å². The molecule has 0 amide bonds. The van der Waals surface area contributed by atoms with Crippen LogP contribution in [0.5, 0.6) is 0 Å². The van der Waals surface area contributed by atoms with Gasteiger partial charge in [-0.1, -0.05) is 36.4 Å². The van der Waals surface area contributed by atoms with Gasteiger partial charge < -0.3 is 5.73 Å². The molecule has 2 aromatic carbocycles. The SMILES string of the molecule is Cc1ccc(F)c2c(N)cc(-c3ccccc3)nc12. The zero-order chi connectivity index (χ0) is 13.4. The molecule has 0 radical (unpaired) electrons. The fraction of sp³-hybridized carbons (Fsp3) is 0.0625. The van der Waals surface area contributed by atoms with E-state index in [1.165, 1.54) is 6.07 Å². The predicted octanol–water partition coefficient (Wildman–Crippen LogP) is 3.93. The molecule has 3 aromatic rings. The Morgan fingerprint density at radius 1 is 1.05 bits per heavy atom. The van der Waals surface area contributed by atoms with Crippen molar-refractivity contribution in [1.29, 1.82) is 0 Å². The number of halogens is 1. The molecule has 1 aromatic heterocycles. The number of nitrogen functional groups attached to an aromatic ring is 1. The van der Waals surface area contributed by atoms with Gasteiger partial charge in [0.15, 0.2) is 0 Å². The van der Waals surface area contributed by atoms with E-state index in [9.17, 15) is 4.39 Å². The first-order valence-corrected chi connectivity index (χ1v) is 6.07. The van der Waals surface area contributed by atoms with Crippen molar-refractivity contribution in [1.82, 2.24) is 4.98 Å². The molecule has 3 rings (SSSR count). The number of anilines is 1. The minimum absolute atomic E-state index is 0.329. The molecule has 0 fully saturated rings. The number of pyridine rings is 1. The largest absolute Gasteiger partial charge is 0.398 e. The molecule has 2 N–H and O–H groups in total. The molecule has 0 atom stereocenters. The number of nitrogens with zero attached hydrogens (tertiary/aromatic N) is 1. The van der Waals surface area contributed by atoms with Gasteiger partial charge in [-0.05, 0) is 24.6 Å². The van der Waals surface area contributed by atoms with Crippen LogP contribution in [0, 0.1) is 12.7 Å². The molecule has 2 nitrogen and oxygen atoms in total. The number of hydrogen-bond donors (Lipinski definition) is 1. The van der Waals surface area contributed by atoms with Crippen LogP contribution in [0.1, 0.15) is 5.56 Å². The highest BCUT2D eigenvalue weighted by molar-refractivity contribution is 5.94. The lowest BCUT2D eigenvalue weighted by Gasteiger charge is -2.09. The van der Waals surface area contributed by atoms with Crippen LogP contribution in [0.15, 0.2) is 48.5 Å². The Bertz CT molecular complexity index is 752. The van der Waals surface area contributed by atoms with E-state index in [0.717, 1.165) is 16.8 Å². The molecule has 0 bridgehead atoms. The van der Waals surface area contributed by atoms with Crippen LogP contribution >= 0.6 is 0 Å². The maximum Gasteiger partial charge on any atom is 0.134 e. The van der Waals surface area contributed by atoms with Gasteiger partial charge in [0.1, 0.15) is 5.82 Å². The number of nitrogens with two attached hydrogens (primary N) is 1. The topological polar surface area (TPSA) is 38.9 Å². The van der Waals surface area contributed by atoms with Crippen molar-refractivity contribution in [3.8, 4) is 11.3 Å². The van der Waals surface area contributed by atoms with Crippen molar-refractivity contribution >= 4 is 16.6 Å². The summed E-state index contributed by atoms with van der Waals surface area (Å²) in [6, 6.07) is 14.6. The zero-order valence-corrected chi connectivity index (χ0v) is 10.5. The molecule has 0 saturated carbocycles. The Morgan fingerprint density at radius 2 is 1.79 bits per heavy atom. The lowest BCUT2D eigenvalue weighted by atomic mass is 10.1. The summed E-state index contributed by atoms with van der Waals surface area (Å²) in [4.78, 5) is 4.55. The van der Waals surface area contributed by atoms with Crippen LogP contribution in [-0.2, 0) is 0 Å². The van der Waals surface area contributed by atoms with Crippen LogP contribution in [0.2, 0.25) is 0 Å². The minimum Gasteiger partial charge on any atom is -0.398 e. The summed E-state index contributed by atoms with van der Waals surface area (Å²) < 4.78 is 13.8. The van der Waals surface area contributed by atoms with E-state index in [1.54, 1.807) is 12.1 Å². The van der Waals surface area contributed by atoms with Gasteiger partial charge in [-0.3, -0.25) is 0 Å². The van der Waals surface area contributed by atoms with Gasteiger partial charge in [-0.25, -0.2) is 9.37 Å². The fourth-order valence-electron chi connectivity index (χ4n) is 2.22. The molecular formula is C16H13FN2. The Morgan fingerprint density at radius 3 is 2.53 bits per heavy atom. The lowest BCUT2D eigenvalue weighted by molar-refractivity contribution is 0.639. The molecule has 0 aliphatic heterocycles. The molecular weight excluding hydrogens is 239 g/mol. The van der Waals surface area contributed by atoms with Gasteiger partial charge in [-0.2, -0.15) is 0 Å². The predicted molar refractivity (Wildman–Crippen MR) is 76.3 cm³/mol. The first kappa shape index (κ1) is 11.7. The second-order valence-electron chi connectivity index (χ2n) is 4.55. The molecule has 3 heteroatoms. The molecule has 0 aliphatic rings. The maximum absolute atomic E-state index is 13.8. The highest BCUT2D eigenvalue weighted by atomic mass is 19.1. The van der Waals surface area contributed by atoms with Crippen LogP contribution in [0.3, 0.4) is 0 Å². The second-order valence-corrected chi connectivity index (χ2v) is 4.55. The van der Waals surface area contributed by atoms with Gasteiger partial charge in [0.2, 0.25) is 0 Å². The third-order valence-electron chi connectivity index (χ3n) is 3.21. The van der Waals surface area contributed by atoms with Crippen molar-refractivity contribution in [2.75, 3.05) is 5.73 Å². The molecule has 0 spiro atoms. The van der Waals surface area contributed by atoms with Gasteiger partial charge in [0.05, 0.1) is 16.6 Å². The highest BCUT2D eigenvalue weighted by Gasteiger charge is 2.11. The van der Waals surface area contributed by atoms with Crippen LogP contribution < -0.4 is 5.73 Å². The number of hydrogen-bond acceptors (Lipinski definition) is 2. The number of benzene rings is 2. The van der Waals surface area contributed by atoms with Gasteiger partial charge in [0.25, 0.3) is 0 Å². The Balaban J connectivity index is 2.34. The van der Waals surface area contributed by atoms with E-state index < -0.39 is 0 Å².